The first-order chi connectivity index (χ1) is 7.09. The Balaban J connectivity index is 1.95. The van der Waals surface area contributed by atoms with Gasteiger partial charge < -0.3 is 9.88 Å². The van der Waals surface area contributed by atoms with Crippen LogP contribution in [0.15, 0.2) is 12.5 Å². The predicted molar refractivity (Wildman–Crippen MR) is 61.5 cm³/mol. The van der Waals surface area contributed by atoms with E-state index in [1.165, 1.54) is 18.5 Å². The van der Waals surface area contributed by atoms with Gasteiger partial charge in [-0.25, -0.2) is 4.98 Å². The number of imidazole rings is 1. The molecule has 15 heavy (non-hydrogen) atoms. The lowest BCUT2D eigenvalue weighted by molar-refractivity contribution is 0.445. The van der Waals surface area contributed by atoms with Crippen LogP contribution in [0.3, 0.4) is 0 Å². The van der Waals surface area contributed by atoms with Gasteiger partial charge in [-0.05, 0) is 18.3 Å². The molecule has 1 N–H and O–H groups in total. The summed E-state index contributed by atoms with van der Waals surface area (Å²) < 4.78 is 2.29. The first kappa shape index (κ1) is 10.7. The minimum absolute atomic E-state index is 0.532. The minimum atomic E-state index is 0.532. The topological polar surface area (TPSA) is 29.9 Å². The molecule has 1 saturated carbocycles. The van der Waals surface area contributed by atoms with E-state index in [1.54, 1.807) is 0 Å². The first-order valence-electron chi connectivity index (χ1n) is 5.81. The van der Waals surface area contributed by atoms with E-state index >= 15 is 0 Å². The third-order valence-corrected chi connectivity index (χ3v) is 3.15. The first-order valence-corrected chi connectivity index (χ1v) is 5.81. The highest BCUT2D eigenvalue weighted by molar-refractivity contribution is 5.01. The Bertz CT molecular complexity index is 323. The number of rotatable bonds is 5. The summed E-state index contributed by atoms with van der Waals surface area (Å²) in [6.45, 7) is 8.74. The lowest BCUT2D eigenvalue weighted by Crippen LogP contribution is -2.24. The smallest absolute Gasteiger partial charge is 0.0948 e. The van der Waals surface area contributed by atoms with Crippen LogP contribution in [0, 0.1) is 5.41 Å². The molecule has 2 rings (SSSR count). The van der Waals surface area contributed by atoms with Gasteiger partial charge in [-0.3, -0.25) is 0 Å². The summed E-state index contributed by atoms with van der Waals surface area (Å²) in [5.41, 5.74) is 1.85. The average molecular weight is 207 g/mol. The Morgan fingerprint density at radius 2 is 2.27 bits per heavy atom. The molecule has 3 nitrogen and oxygen atoms in total. The van der Waals surface area contributed by atoms with Gasteiger partial charge in [0.25, 0.3) is 0 Å². The molecule has 0 radical (unpaired) electrons. The normalized spacial score (nSPS) is 18.4. The number of nitrogens with one attached hydrogen (secondary N) is 1. The van der Waals surface area contributed by atoms with E-state index in [0.717, 1.165) is 13.1 Å². The molecule has 1 aromatic heterocycles. The van der Waals surface area contributed by atoms with Crippen LogP contribution in [0.2, 0.25) is 0 Å². The second-order valence-electron chi connectivity index (χ2n) is 5.36. The molecule has 0 saturated heterocycles. The highest BCUT2D eigenvalue weighted by Crippen LogP contribution is 2.46. The summed E-state index contributed by atoms with van der Waals surface area (Å²) in [7, 11) is 0. The Kier molecular flexibility index (Phi) is 2.83. The zero-order chi connectivity index (χ0) is 10.9. The molecular weight excluding hydrogens is 186 g/mol. The summed E-state index contributed by atoms with van der Waals surface area (Å²) in [5, 5.41) is 3.43. The van der Waals surface area contributed by atoms with Gasteiger partial charge in [0.05, 0.1) is 12.0 Å². The summed E-state index contributed by atoms with van der Waals surface area (Å²) >= 11 is 0. The molecule has 84 valence electrons. The maximum Gasteiger partial charge on any atom is 0.0948 e. The van der Waals surface area contributed by atoms with Crippen molar-refractivity contribution in [2.24, 2.45) is 5.41 Å². The second kappa shape index (κ2) is 3.97. The molecule has 0 aliphatic heterocycles. The van der Waals surface area contributed by atoms with Gasteiger partial charge in [0, 0.05) is 25.3 Å². The van der Waals surface area contributed by atoms with E-state index in [-0.39, 0.29) is 0 Å². The van der Waals surface area contributed by atoms with Crippen molar-refractivity contribution in [2.75, 3.05) is 0 Å². The molecule has 0 spiro atoms. The molecule has 1 heterocycles. The Hall–Kier alpha value is -0.830. The van der Waals surface area contributed by atoms with Crippen LogP contribution in [0.25, 0.3) is 0 Å². The zero-order valence-corrected chi connectivity index (χ0v) is 9.95. The van der Waals surface area contributed by atoms with Crippen LogP contribution in [-0.2, 0) is 13.1 Å². The Labute approximate surface area is 91.9 Å². The number of aromatic nitrogens is 2. The molecule has 3 heteroatoms. The molecule has 0 unspecified atom stereocenters. The van der Waals surface area contributed by atoms with E-state index in [4.69, 9.17) is 0 Å². The predicted octanol–water partition coefficient (Wildman–Crippen LogP) is 2.18. The van der Waals surface area contributed by atoms with Gasteiger partial charge in [-0.1, -0.05) is 20.8 Å². The SMILES string of the molecule is CC(C)NCc1cncn1CC1(C)CC1. The number of nitrogens with zero attached hydrogens (tertiary/aromatic N) is 2. The average Bonchev–Trinajstić information content (AvgIpc) is 2.74. The van der Waals surface area contributed by atoms with Crippen LogP contribution < -0.4 is 5.32 Å². The minimum Gasteiger partial charge on any atom is -0.333 e. The van der Waals surface area contributed by atoms with Gasteiger partial charge in [0.1, 0.15) is 0 Å². The lowest BCUT2D eigenvalue weighted by Gasteiger charge is -2.14. The number of hydrogen-bond donors (Lipinski definition) is 1. The van der Waals surface area contributed by atoms with Crippen LogP contribution >= 0.6 is 0 Å². The van der Waals surface area contributed by atoms with Gasteiger partial charge in [-0.15, -0.1) is 0 Å². The van der Waals surface area contributed by atoms with Crippen LogP contribution in [0.1, 0.15) is 39.3 Å². The van der Waals surface area contributed by atoms with Crippen molar-refractivity contribution in [1.82, 2.24) is 14.9 Å². The summed E-state index contributed by atoms with van der Waals surface area (Å²) in [6.07, 6.45) is 6.66. The summed E-state index contributed by atoms with van der Waals surface area (Å²) in [5.74, 6) is 0. The lowest BCUT2D eigenvalue weighted by atomic mass is 10.1. The molecule has 0 aromatic carbocycles. The monoisotopic (exact) mass is 207 g/mol. The Morgan fingerprint density at radius 1 is 1.53 bits per heavy atom. The van der Waals surface area contributed by atoms with Crippen molar-refractivity contribution >= 4 is 0 Å². The van der Waals surface area contributed by atoms with E-state index in [9.17, 15) is 0 Å². The molecule has 0 amide bonds. The molecular formula is C12H21N3. The van der Waals surface area contributed by atoms with E-state index in [0.29, 0.717) is 11.5 Å². The van der Waals surface area contributed by atoms with Crippen molar-refractivity contribution in [2.45, 2.75) is 52.7 Å². The van der Waals surface area contributed by atoms with E-state index in [2.05, 4.69) is 35.6 Å². The van der Waals surface area contributed by atoms with Crippen molar-refractivity contribution in [3.63, 3.8) is 0 Å². The fraction of sp³-hybridized carbons (Fsp3) is 0.750. The standard InChI is InChI=1S/C12H21N3/c1-10(2)14-7-11-6-13-9-15(11)8-12(3)4-5-12/h6,9-10,14H,4-5,7-8H2,1-3H3. The fourth-order valence-corrected chi connectivity index (χ4v) is 1.73. The van der Waals surface area contributed by atoms with Crippen LogP contribution in [0.5, 0.6) is 0 Å². The van der Waals surface area contributed by atoms with E-state index < -0.39 is 0 Å². The molecule has 0 atom stereocenters. The van der Waals surface area contributed by atoms with E-state index in [1.807, 2.05) is 12.5 Å². The third-order valence-electron chi connectivity index (χ3n) is 3.15. The molecule has 1 fully saturated rings. The van der Waals surface area contributed by atoms with Gasteiger partial charge >= 0.3 is 0 Å². The van der Waals surface area contributed by atoms with Crippen molar-refractivity contribution in [3.8, 4) is 0 Å². The van der Waals surface area contributed by atoms with Crippen LogP contribution in [-0.4, -0.2) is 15.6 Å². The third kappa shape index (κ3) is 2.81. The van der Waals surface area contributed by atoms with Crippen LogP contribution in [0.4, 0.5) is 0 Å². The Morgan fingerprint density at radius 3 is 2.87 bits per heavy atom. The molecule has 1 aliphatic carbocycles. The molecule has 1 aromatic rings. The number of hydrogen-bond acceptors (Lipinski definition) is 2. The molecule has 1 aliphatic rings. The highest BCUT2D eigenvalue weighted by Gasteiger charge is 2.37. The van der Waals surface area contributed by atoms with Crippen molar-refractivity contribution < 1.29 is 0 Å². The maximum absolute atomic E-state index is 4.23. The maximum atomic E-state index is 4.23. The van der Waals surface area contributed by atoms with Crippen molar-refractivity contribution in [1.29, 1.82) is 0 Å². The van der Waals surface area contributed by atoms with Gasteiger partial charge in [0.15, 0.2) is 0 Å². The van der Waals surface area contributed by atoms with Crippen molar-refractivity contribution in [3.05, 3.63) is 18.2 Å². The highest BCUT2D eigenvalue weighted by atomic mass is 15.1. The summed E-state index contributed by atoms with van der Waals surface area (Å²) in [4.78, 5) is 4.23. The zero-order valence-electron chi connectivity index (χ0n) is 9.95. The largest absolute Gasteiger partial charge is 0.333 e. The molecule has 0 bridgehead atoms. The fourth-order valence-electron chi connectivity index (χ4n) is 1.73. The van der Waals surface area contributed by atoms with Gasteiger partial charge in [-0.2, -0.15) is 0 Å². The quantitative estimate of drug-likeness (QED) is 0.802. The summed E-state index contributed by atoms with van der Waals surface area (Å²) in [6, 6.07) is 0.532. The van der Waals surface area contributed by atoms with Gasteiger partial charge in [0.2, 0.25) is 0 Å². The second-order valence-corrected chi connectivity index (χ2v) is 5.36.